The van der Waals surface area contributed by atoms with Gasteiger partial charge in [0.05, 0.1) is 25.4 Å². The highest BCUT2D eigenvalue weighted by Gasteiger charge is 2.40. The first-order valence-electron chi connectivity index (χ1n) is 6.02. The van der Waals surface area contributed by atoms with Gasteiger partial charge in [0.1, 0.15) is 6.07 Å². The third-order valence-corrected chi connectivity index (χ3v) is 3.26. The topological polar surface area (TPSA) is 62.5 Å². The van der Waals surface area contributed by atoms with Gasteiger partial charge >= 0.3 is 0 Å². The van der Waals surface area contributed by atoms with E-state index in [4.69, 9.17) is 9.47 Å². The molecule has 0 aromatic heterocycles. The molecule has 2 rings (SSSR count). The molecule has 0 fully saturated rings. The number of fused-ring (bicyclic) bond motifs is 1. The maximum atomic E-state index is 9.53. The molecule has 3 unspecified atom stereocenters. The van der Waals surface area contributed by atoms with Gasteiger partial charge < -0.3 is 14.6 Å². The van der Waals surface area contributed by atoms with E-state index in [0.717, 1.165) is 11.1 Å². The molecule has 1 N–H and O–H groups in total. The minimum Gasteiger partial charge on any atom is -0.391 e. The highest BCUT2D eigenvalue weighted by molar-refractivity contribution is 5.38. The highest BCUT2D eigenvalue weighted by Crippen LogP contribution is 2.34. The second kappa shape index (κ2) is 5.07. The van der Waals surface area contributed by atoms with Crippen LogP contribution in [0.2, 0.25) is 0 Å². The van der Waals surface area contributed by atoms with Crippen molar-refractivity contribution in [1.29, 1.82) is 5.26 Å². The molecule has 1 aliphatic rings. The van der Waals surface area contributed by atoms with E-state index < -0.39 is 17.8 Å². The first-order chi connectivity index (χ1) is 8.59. The SMILES string of the molecule is CC(O)C(C)OC1(C#N)COCc2ccccc21. The first kappa shape index (κ1) is 13.0. The molecule has 4 nitrogen and oxygen atoms in total. The molecule has 0 aliphatic carbocycles. The summed E-state index contributed by atoms with van der Waals surface area (Å²) in [5.74, 6) is 0. The average Bonchev–Trinajstić information content (AvgIpc) is 2.39. The minimum absolute atomic E-state index is 0.192. The molecule has 1 aromatic carbocycles. The number of rotatable bonds is 3. The zero-order valence-corrected chi connectivity index (χ0v) is 10.6. The molecule has 1 aromatic rings. The van der Waals surface area contributed by atoms with Crippen LogP contribution in [0.3, 0.4) is 0 Å². The van der Waals surface area contributed by atoms with Gasteiger partial charge in [-0.3, -0.25) is 0 Å². The Hall–Kier alpha value is -1.41. The molecular formula is C14H17NO3. The van der Waals surface area contributed by atoms with Crippen LogP contribution in [0.4, 0.5) is 0 Å². The van der Waals surface area contributed by atoms with Crippen LogP contribution < -0.4 is 0 Å². The van der Waals surface area contributed by atoms with Gasteiger partial charge in [-0.25, -0.2) is 0 Å². The van der Waals surface area contributed by atoms with Crippen LogP contribution in [0.25, 0.3) is 0 Å². The predicted molar refractivity (Wildman–Crippen MR) is 65.6 cm³/mol. The van der Waals surface area contributed by atoms with Crippen LogP contribution in [-0.2, 0) is 21.7 Å². The van der Waals surface area contributed by atoms with Gasteiger partial charge in [-0.05, 0) is 19.4 Å². The van der Waals surface area contributed by atoms with Crippen molar-refractivity contribution in [3.63, 3.8) is 0 Å². The summed E-state index contributed by atoms with van der Waals surface area (Å²) in [7, 11) is 0. The van der Waals surface area contributed by atoms with Gasteiger partial charge in [0, 0.05) is 5.56 Å². The summed E-state index contributed by atoms with van der Waals surface area (Å²) in [6, 6.07) is 9.81. The van der Waals surface area contributed by atoms with Crippen LogP contribution in [-0.4, -0.2) is 23.9 Å². The lowest BCUT2D eigenvalue weighted by molar-refractivity contribution is -0.140. The van der Waals surface area contributed by atoms with E-state index in [1.165, 1.54) is 0 Å². The normalized spacial score (nSPS) is 25.9. The Morgan fingerprint density at radius 1 is 1.44 bits per heavy atom. The number of benzene rings is 1. The second-order valence-corrected chi connectivity index (χ2v) is 4.65. The van der Waals surface area contributed by atoms with Gasteiger partial charge in [0.2, 0.25) is 5.60 Å². The maximum absolute atomic E-state index is 9.53. The van der Waals surface area contributed by atoms with Crippen molar-refractivity contribution in [3.8, 4) is 6.07 Å². The fraction of sp³-hybridized carbons (Fsp3) is 0.500. The van der Waals surface area contributed by atoms with E-state index in [1.54, 1.807) is 13.8 Å². The van der Waals surface area contributed by atoms with Crippen LogP contribution >= 0.6 is 0 Å². The Balaban J connectivity index is 2.37. The molecule has 0 amide bonds. The third kappa shape index (κ3) is 2.25. The minimum atomic E-state index is -1.12. The van der Waals surface area contributed by atoms with Gasteiger partial charge in [-0.2, -0.15) is 5.26 Å². The molecular weight excluding hydrogens is 230 g/mol. The third-order valence-electron chi connectivity index (χ3n) is 3.26. The number of nitriles is 1. The second-order valence-electron chi connectivity index (χ2n) is 4.65. The smallest absolute Gasteiger partial charge is 0.203 e. The number of aliphatic hydroxyl groups excluding tert-OH is 1. The van der Waals surface area contributed by atoms with Crippen LogP contribution in [0.15, 0.2) is 24.3 Å². The molecule has 4 heteroatoms. The van der Waals surface area contributed by atoms with Crippen molar-refractivity contribution >= 4 is 0 Å². The zero-order valence-electron chi connectivity index (χ0n) is 10.6. The number of hydrogen-bond acceptors (Lipinski definition) is 4. The lowest BCUT2D eigenvalue weighted by atomic mass is 9.89. The summed E-state index contributed by atoms with van der Waals surface area (Å²) in [4.78, 5) is 0. The van der Waals surface area contributed by atoms with Crippen molar-refractivity contribution in [3.05, 3.63) is 35.4 Å². The van der Waals surface area contributed by atoms with Crippen LogP contribution in [0.5, 0.6) is 0 Å². The Bertz CT molecular complexity index is 466. The van der Waals surface area contributed by atoms with Gasteiger partial charge in [-0.1, -0.05) is 24.3 Å². The summed E-state index contributed by atoms with van der Waals surface area (Å²) in [5, 5.41) is 19.0. The fourth-order valence-electron chi connectivity index (χ4n) is 2.05. The monoisotopic (exact) mass is 247 g/mol. The van der Waals surface area contributed by atoms with Gasteiger partial charge in [0.15, 0.2) is 0 Å². The summed E-state index contributed by atoms with van der Waals surface area (Å²) in [6.07, 6.45) is -1.07. The zero-order chi connectivity index (χ0) is 13.2. The summed E-state index contributed by atoms with van der Waals surface area (Å²) >= 11 is 0. The van der Waals surface area contributed by atoms with E-state index in [1.807, 2.05) is 24.3 Å². The first-order valence-corrected chi connectivity index (χ1v) is 6.02. The van der Waals surface area contributed by atoms with Crippen LogP contribution in [0.1, 0.15) is 25.0 Å². The van der Waals surface area contributed by atoms with Crippen molar-refractivity contribution in [2.45, 2.75) is 38.3 Å². The summed E-state index contributed by atoms with van der Waals surface area (Å²) in [6.45, 7) is 4.08. The number of aliphatic hydroxyl groups is 1. The quantitative estimate of drug-likeness (QED) is 0.883. The van der Waals surface area contributed by atoms with E-state index in [-0.39, 0.29) is 6.61 Å². The van der Waals surface area contributed by atoms with E-state index in [0.29, 0.717) is 6.61 Å². The Morgan fingerprint density at radius 2 is 2.17 bits per heavy atom. The van der Waals surface area contributed by atoms with Gasteiger partial charge in [0.25, 0.3) is 0 Å². The lowest BCUT2D eigenvalue weighted by Gasteiger charge is -2.35. The molecule has 0 saturated carbocycles. The fourth-order valence-corrected chi connectivity index (χ4v) is 2.05. The maximum Gasteiger partial charge on any atom is 0.203 e. The van der Waals surface area contributed by atoms with Gasteiger partial charge in [-0.15, -0.1) is 0 Å². The van der Waals surface area contributed by atoms with Crippen molar-refractivity contribution in [1.82, 2.24) is 0 Å². The number of ether oxygens (including phenoxy) is 2. The number of hydrogen-bond donors (Lipinski definition) is 1. The number of nitrogens with zero attached hydrogens (tertiary/aromatic N) is 1. The molecule has 0 spiro atoms. The molecule has 0 saturated heterocycles. The Morgan fingerprint density at radius 3 is 2.83 bits per heavy atom. The molecule has 0 bridgehead atoms. The lowest BCUT2D eigenvalue weighted by Crippen LogP contribution is -2.42. The Kier molecular flexibility index (Phi) is 3.67. The summed E-state index contributed by atoms with van der Waals surface area (Å²) < 4.78 is 11.2. The molecule has 1 aliphatic heterocycles. The molecule has 3 atom stereocenters. The molecule has 0 radical (unpaired) electrons. The van der Waals surface area contributed by atoms with Crippen molar-refractivity contribution < 1.29 is 14.6 Å². The van der Waals surface area contributed by atoms with E-state index in [2.05, 4.69) is 6.07 Å². The Labute approximate surface area is 107 Å². The molecule has 96 valence electrons. The van der Waals surface area contributed by atoms with E-state index >= 15 is 0 Å². The molecule has 18 heavy (non-hydrogen) atoms. The van der Waals surface area contributed by atoms with E-state index in [9.17, 15) is 10.4 Å². The average molecular weight is 247 g/mol. The van der Waals surface area contributed by atoms with Crippen molar-refractivity contribution in [2.75, 3.05) is 6.61 Å². The summed E-state index contributed by atoms with van der Waals surface area (Å²) in [5.41, 5.74) is 0.681. The largest absolute Gasteiger partial charge is 0.391 e. The van der Waals surface area contributed by atoms with Crippen LogP contribution in [0, 0.1) is 11.3 Å². The highest BCUT2D eigenvalue weighted by atomic mass is 16.6. The molecule has 1 heterocycles. The van der Waals surface area contributed by atoms with Crippen molar-refractivity contribution in [2.24, 2.45) is 0 Å². The standard InChI is InChI=1S/C14H17NO3/c1-10(16)11(2)18-14(8-15)9-17-7-12-5-3-4-6-13(12)14/h3-6,10-11,16H,7,9H2,1-2H3. The predicted octanol–water partition coefficient (Wildman–Crippen LogP) is 1.72.